The molecule has 0 spiro atoms. The van der Waals surface area contributed by atoms with E-state index < -0.39 is 0 Å². The first-order chi connectivity index (χ1) is 9.15. The molecule has 1 N–H and O–H groups in total. The number of carbonyl (C=O) groups is 1. The number of amides is 1. The number of anilines is 1. The maximum absolute atomic E-state index is 11.9. The first-order valence-electron chi connectivity index (χ1n) is 6.29. The average Bonchev–Trinajstić information content (AvgIpc) is 2.42. The van der Waals surface area contributed by atoms with Gasteiger partial charge in [-0.2, -0.15) is 0 Å². The van der Waals surface area contributed by atoms with Crippen LogP contribution in [0.3, 0.4) is 0 Å². The summed E-state index contributed by atoms with van der Waals surface area (Å²) < 4.78 is 0. The molecule has 0 fully saturated rings. The first-order valence-corrected chi connectivity index (χ1v) is 6.29. The van der Waals surface area contributed by atoms with Gasteiger partial charge in [0.15, 0.2) is 0 Å². The summed E-state index contributed by atoms with van der Waals surface area (Å²) in [6.45, 7) is 2.03. The SMILES string of the molecule is Cc1ccc(CC(=O)NN(C)c2ccccc2)cc1. The van der Waals surface area contributed by atoms with Crippen molar-refractivity contribution in [1.29, 1.82) is 0 Å². The van der Waals surface area contributed by atoms with E-state index in [9.17, 15) is 4.79 Å². The standard InChI is InChI=1S/C16H18N2O/c1-13-8-10-14(11-9-13)12-16(19)17-18(2)15-6-4-3-5-7-15/h3-11H,12H2,1-2H3,(H,17,19). The molecule has 2 rings (SSSR count). The molecule has 1 amide bonds. The number of rotatable bonds is 4. The number of hydrogen-bond donors (Lipinski definition) is 1. The maximum atomic E-state index is 11.9. The van der Waals surface area contributed by atoms with Crippen LogP contribution < -0.4 is 10.4 Å². The predicted octanol–water partition coefficient (Wildman–Crippen LogP) is 2.71. The van der Waals surface area contributed by atoms with E-state index in [0.29, 0.717) is 6.42 Å². The van der Waals surface area contributed by atoms with Crippen molar-refractivity contribution in [1.82, 2.24) is 5.43 Å². The van der Waals surface area contributed by atoms with Gasteiger partial charge in [0.05, 0.1) is 12.1 Å². The summed E-state index contributed by atoms with van der Waals surface area (Å²) in [7, 11) is 1.84. The van der Waals surface area contributed by atoms with Crippen LogP contribution in [-0.2, 0) is 11.2 Å². The van der Waals surface area contributed by atoms with E-state index in [1.807, 2.05) is 68.6 Å². The van der Waals surface area contributed by atoms with Crippen molar-refractivity contribution in [3.8, 4) is 0 Å². The number of para-hydroxylation sites is 1. The third-order valence-electron chi connectivity index (χ3n) is 2.92. The van der Waals surface area contributed by atoms with Crippen LogP contribution >= 0.6 is 0 Å². The zero-order valence-corrected chi connectivity index (χ0v) is 11.3. The van der Waals surface area contributed by atoms with Gasteiger partial charge in [0.2, 0.25) is 5.91 Å². The first kappa shape index (κ1) is 13.1. The van der Waals surface area contributed by atoms with Crippen molar-refractivity contribution in [2.24, 2.45) is 0 Å². The number of carbonyl (C=O) groups excluding carboxylic acids is 1. The summed E-state index contributed by atoms with van der Waals surface area (Å²) in [6.07, 6.45) is 0.386. The topological polar surface area (TPSA) is 32.3 Å². The van der Waals surface area contributed by atoms with Crippen LogP contribution in [0.25, 0.3) is 0 Å². The summed E-state index contributed by atoms with van der Waals surface area (Å²) in [5, 5.41) is 1.73. The van der Waals surface area contributed by atoms with E-state index in [4.69, 9.17) is 0 Å². The third-order valence-corrected chi connectivity index (χ3v) is 2.92. The minimum absolute atomic E-state index is 0.0183. The largest absolute Gasteiger partial charge is 0.289 e. The highest BCUT2D eigenvalue weighted by Crippen LogP contribution is 2.09. The molecule has 0 radical (unpaired) electrons. The van der Waals surface area contributed by atoms with Crippen LogP contribution in [0, 0.1) is 6.92 Å². The van der Waals surface area contributed by atoms with Gasteiger partial charge in [-0.1, -0.05) is 48.0 Å². The smallest absolute Gasteiger partial charge is 0.242 e. The highest BCUT2D eigenvalue weighted by molar-refractivity contribution is 5.80. The van der Waals surface area contributed by atoms with Gasteiger partial charge in [0.1, 0.15) is 0 Å². The monoisotopic (exact) mass is 254 g/mol. The summed E-state index contributed by atoms with van der Waals surface area (Å²) in [5.74, 6) is -0.0183. The van der Waals surface area contributed by atoms with E-state index in [-0.39, 0.29) is 5.91 Å². The molecule has 0 bridgehead atoms. The second-order valence-corrected chi connectivity index (χ2v) is 4.59. The summed E-state index contributed by atoms with van der Waals surface area (Å²) in [5.41, 5.74) is 6.03. The van der Waals surface area contributed by atoms with Gasteiger partial charge in [-0.05, 0) is 24.6 Å². The fraction of sp³-hybridized carbons (Fsp3) is 0.188. The predicted molar refractivity (Wildman–Crippen MR) is 77.9 cm³/mol. The molecule has 0 aliphatic carbocycles. The Morgan fingerprint density at radius 1 is 1.05 bits per heavy atom. The Hall–Kier alpha value is -2.29. The van der Waals surface area contributed by atoms with Crippen molar-refractivity contribution in [3.05, 3.63) is 65.7 Å². The summed E-state index contributed by atoms with van der Waals surface area (Å²) in [6, 6.07) is 17.7. The molecule has 0 aromatic heterocycles. The Morgan fingerprint density at radius 3 is 2.32 bits per heavy atom. The van der Waals surface area contributed by atoms with Crippen LogP contribution in [0.2, 0.25) is 0 Å². The fourth-order valence-electron chi connectivity index (χ4n) is 1.83. The zero-order chi connectivity index (χ0) is 13.7. The molecule has 0 saturated carbocycles. The molecule has 0 heterocycles. The lowest BCUT2D eigenvalue weighted by molar-refractivity contribution is -0.120. The van der Waals surface area contributed by atoms with Crippen molar-refractivity contribution in [2.75, 3.05) is 12.1 Å². The maximum Gasteiger partial charge on any atom is 0.242 e. The molecular formula is C16H18N2O. The average molecular weight is 254 g/mol. The van der Waals surface area contributed by atoms with Gasteiger partial charge >= 0.3 is 0 Å². The lowest BCUT2D eigenvalue weighted by Crippen LogP contribution is -2.40. The van der Waals surface area contributed by atoms with Crippen molar-refractivity contribution >= 4 is 11.6 Å². The van der Waals surface area contributed by atoms with E-state index in [2.05, 4.69) is 5.43 Å². The van der Waals surface area contributed by atoms with Gasteiger partial charge in [-0.25, -0.2) is 0 Å². The number of aryl methyl sites for hydroxylation is 1. The lowest BCUT2D eigenvalue weighted by Gasteiger charge is -2.20. The Bertz CT molecular complexity index is 534. The number of nitrogens with zero attached hydrogens (tertiary/aromatic N) is 1. The van der Waals surface area contributed by atoms with Gasteiger partial charge < -0.3 is 0 Å². The van der Waals surface area contributed by atoms with Gasteiger partial charge in [-0.3, -0.25) is 15.2 Å². The second kappa shape index (κ2) is 6.05. The molecule has 2 aromatic carbocycles. The molecular weight excluding hydrogens is 236 g/mol. The quantitative estimate of drug-likeness (QED) is 0.851. The Labute approximate surface area is 113 Å². The minimum atomic E-state index is -0.0183. The van der Waals surface area contributed by atoms with Gasteiger partial charge in [-0.15, -0.1) is 0 Å². The number of hydrazine groups is 1. The van der Waals surface area contributed by atoms with Gasteiger partial charge in [0, 0.05) is 7.05 Å². The summed E-state index contributed by atoms with van der Waals surface area (Å²) in [4.78, 5) is 11.9. The third kappa shape index (κ3) is 3.85. The number of hydrogen-bond acceptors (Lipinski definition) is 2. The van der Waals surface area contributed by atoms with Crippen LogP contribution in [0.1, 0.15) is 11.1 Å². The van der Waals surface area contributed by atoms with Crippen LogP contribution in [0.4, 0.5) is 5.69 Å². The van der Waals surface area contributed by atoms with Crippen LogP contribution in [0.5, 0.6) is 0 Å². The zero-order valence-electron chi connectivity index (χ0n) is 11.3. The summed E-state index contributed by atoms with van der Waals surface area (Å²) >= 11 is 0. The van der Waals surface area contributed by atoms with E-state index >= 15 is 0 Å². The van der Waals surface area contributed by atoms with Crippen LogP contribution in [0.15, 0.2) is 54.6 Å². The van der Waals surface area contributed by atoms with E-state index in [0.717, 1.165) is 11.3 Å². The Kier molecular flexibility index (Phi) is 4.18. The second-order valence-electron chi connectivity index (χ2n) is 4.59. The Balaban J connectivity index is 1.93. The lowest BCUT2D eigenvalue weighted by atomic mass is 10.1. The molecule has 3 heteroatoms. The number of benzene rings is 2. The van der Waals surface area contributed by atoms with Crippen molar-refractivity contribution < 1.29 is 4.79 Å². The highest BCUT2D eigenvalue weighted by Gasteiger charge is 2.06. The van der Waals surface area contributed by atoms with Crippen LogP contribution in [-0.4, -0.2) is 13.0 Å². The Morgan fingerprint density at radius 2 is 1.68 bits per heavy atom. The molecule has 0 saturated heterocycles. The number of nitrogens with one attached hydrogen (secondary N) is 1. The van der Waals surface area contributed by atoms with Crippen molar-refractivity contribution in [2.45, 2.75) is 13.3 Å². The molecule has 2 aromatic rings. The molecule has 0 atom stereocenters. The molecule has 19 heavy (non-hydrogen) atoms. The molecule has 0 aliphatic rings. The van der Waals surface area contributed by atoms with Gasteiger partial charge in [0.25, 0.3) is 0 Å². The fourth-order valence-corrected chi connectivity index (χ4v) is 1.83. The molecule has 0 aliphatic heterocycles. The molecule has 98 valence electrons. The normalized spacial score (nSPS) is 10.0. The minimum Gasteiger partial charge on any atom is -0.289 e. The molecule has 3 nitrogen and oxygen atoms in total. The van der Waals surface area contributed by atoms with E-state index in [1.54, 1.807) is 5.01 Å². The van der Waals surface area contributed by atoms with Crippen molar-refractivity contribution in [3.63, 3.8) is 0 Å². The van der Waals surface area contributed by atoms with E-state index in [1.165, 1.54) is 5.56 Å². The highest BCUT2D eigenvalue weighted by atomic mass is 16.2. The molecule has 0 unspecified atom stereocenters.